The minimum atomic E-state index is 0.156. The van der Waals surface area contributed by atoms with Crippen molar-refractivity contribution in [2.45, 2.75) is 32.2 Å². The molecule has 0 spiro atoms. The van der Waals surface area contributed by atoms with Gasteiger partial charge in [-0.1, -0.05) is 56.2 Å². The Labute approximate surface area is 115 Å². The Hall–Kier alpha value is -1.96. The number of benzene rings is 2. The molecule has 2 rings (SSSR count). The number of aromatic hydroxyl groups is 1. The Morgan fingerprint density at radius 2 is 1.68 bits per heavy atom. The van der Waals surface area contributed by atoms with E-state index in [0.717, 1.165) is 30.5 Å². The molecular formula is C17H21NO. The van der Waals surface area contributed by atoms with Crippen LogP contribution >= 0.6 is 0 Å². The van der Waals surface area contributed by atoms with Crippen molar-refractivity contribution in [3.05, 3.63) is 60.2 Å². The minimum absolute atomic E-state index is 0.156. The monoisotopic (exact) mass is 255 g/mol. The topological polar surface area (TPSA) is 32.3 Å². The van der Waals surface area contributed by atoms with Crippen LogP contribution in [0.5, 0.6) is 5.75 Å². The average Bonchev–Trinajstić information content (AvgIpc) is 2.45. The van der Waals surface area contributed by atoms with Crippen LogP contribution < -0.4 is 5.32 Å². The maximum Gasteiger partial charge on any atom is 0.120 e. The van der Waals surface area contributed by atoms with Crippen LogP contribution in [0.15, 0.2) is 54.6 Å². The van der Waals surface area contributed by atoms with E-state index < -0.39 is 0 Å². The fraction of sp³-hybridized carbons (Fsp3) is 0.294. The SMILES string of the molecule is CCCCC(Nc1ccccc1)c1ccccc1O. The summed E-state index contributed by atoms with van der Waals surface area (Å²) in [5.41, 5.74) is 2.06. The number of anilines is 1. The molecule has 0 saturated carbocycles. The molecule has 0 bridgehead atoms. The summed E-state index contributed by atoms with van der Waals surface area (Å²) in [5, 5.41) is 13.5. The highest BCUT2D eigenvalue weighted by molar-refractivity contribution is 5.47. The highest BCUT2D eigenvalue weighted by Crippen LogP contribution is 2.30. The zero-order valence-electron chi connectivity index (χ0n) is 11.3. The van der Waals surface area contributed by atoms with Gasteiger partial charge in [0.15, 0.2) is 0 Å². The summed E-state index contributed by atoms with van der Waals surface area (Å²) in [4.78, 5) is 0. The molecule has 0 aliphatic heterocycles. The predicted molar refractivity (Wildman–Crippen MR) is 80.4 cm³/mol. The lowest BCUT2D eigenvalue weighted by Crippen LogP contribution is -2.11. The van der Waals surface area contributed by atoms with Gasteiger partial charge in [0.1, 0.15) is 5.75 Å². The van der Waals surface area contributed by atoms with Crippen molar-refractivity contribution in [3.63, 3.8) is 0 Å². The molecule has 2 aromatic carbocycles. The van der Waals surface area contributed by atoms with Gasteiger partial charge in [0, 0.05) is 11.3 Å². The van der Waals surface area contributed by atoms with E-state index >= 15 is 0 Å². The summed E-state index contributed by atoms with van der Waals surface area (Å²) >= 11 is 0. The lowest BCUT2D eigenvalue weighted by Gasteiger charge is -2.21. The van der Waals surface area contributed by atoms with E-state index in [9.17, 15) is 5.11 Å². The Balaban J connectivity index is 2.19. The second-order valence-corrected chi connectivity index (χ2v) is 4.76. The third-order valence-electron chi connectivity index (χ3n) is 3.27. The van der Waals surface area contributed by atoms with Gasteiger partial charge in [-0.3, -0.25) is 0 Å². The molecule has 2 heteroatoms. The van der Waals surface area contributed by atoms with Crippen molar-refractivity contribution in [2.75, 3.05) is 5.32 Å². The maximum absolute atomic E-state index is 10.0. The summed E-state index contributed by atoms with van der Waals surface area (Å²) in [6.07, 6.45) is 3.31. The zero-order chi connectivity index (χ0) is 13.5. The van der Waals surface area contributed by atoms with Gasteiger partial charge < -0.3 is 10.4 Å². The Kier molecular flexibility index (Phi) is 4.85. The maximum atomic E-state index is 10.0. The number of phenolic OH excluding ortho intramolecular Hbond substituents is 1. The highest BCUT2D eigenvalue weighted by atomic mass is 16.3. The molecule has 1 atom stereocenters. The summed E-state index contributed by atoms with van der Waals surface area (Å²) in [7, 11) is 0. The van der Waals surface area contributed by atoms with Gasteiger partial charge in [0.2, 0.25) is 0 Å². The Morgan fingerprint density at radius 1 is 1.00 bits per heavy atom. The molecular weight excluding hydrogens is 234 g/mol. The first-order valence-corrected chi connectivity index (χ1v) is 6.90. The molecule has 0 aliphatic carbocycles. The lowest BCUT2D eigenvalue weighted by atomic mass is 10.00. The molecule has 0 aliphatic rings. The van der Waals surface area contributed by atoms with Crippen LogP contribution in [-0.4, -0.2) is 5.11 Å². The quantitative estimate of drug-likeness (QED) is 0.781. The first-order valence-electron chi connectivity index (χ1n) is 6.90. The Morgan fingerprint density at radius 3 is 2.37 bits per heavy atom. The van der Waals surface area contributed by atoms with Crippen LogP contribution in [0.25, 0.3) is 0 Å². The van der Waals surface area contributed by atoms with Crippen LogP contribution in [0.3, 0.4) is 0 Å². The number of unbranched alkanes of at least 4 members (excludes halogenated alkanes) is 1. The van der Waals surface area contributed by atoms with Crippen molar-refractivity contribution < 1.29 is 5.11 Å². The van der Waals surface area contributed by atoms with Gasteiger partial charge in [-0.05, 0) is 24.6 Å². The standard InChI is InChI=1S/C17H21NO/c1-2-3-12-16(15-11-7-8-13-17(15)19)18-14-9-5-4-6-10-14/h4-11,13,16,18-19H,2-3,12H2,1H3. The lowest BCUT2D eigenvalue weighted by molar-refractivity contribution is 0.460. The molecule has 0 amide bonds. The molecule has 19 heavy (non-hydrogen) atoms. The summed E-state index contributed by atoms with van der Waals surface area (Å²) in [6, 6.07) is 17.9. The Bertz CT molecular complexity index is 496. The predicted octanol–water partition coefficient (Wildman–Crippen LogP) is 4.74. The van der Waals surface area contributed by atoms with Gasteiger partial charge in [-0.15, -0.1) is 0 Å². The summed E-state index contributed by atoms with van der Waals surface area (Å²) in [6.45, 7) is 2.18. The van der Waals surface area contributed by atoms with Crippen LogP contribution in [0.4, 0.5) is 5.69 Å². The first kappa shape index (κ1) is 13.5. The molecule has 100 valence electrons. The average molecular weight is 255 g/mol. The van der Waals surface area contributed by atoms with E-state index in [-0.39, 0.29) is 6.04 Å². The van der Waals surface area contributed by atoms with Crippen LogP contribution in [0, 0.1) is 0 Å². The van der Waals surface area contributed by atoms with Crippen molar-refractivity contribution >= 4 is 5.69 Å². The van der Waals surface area contributed by atoms with E-state index in [1.54, 1.807) is 6.07 Å². The van der Waals surface area contributed by atoms with E-state index in [2.05, 4.69) is 24.4 Å². The van der Waals surface area contributed by atoms with Crippen molar-refractivity contribution in [1.29, 1.82) is 0 Å². The van der Waals surface area contributed by atoms with Crippen LogP contribution in [-0.2, 0) is 0 Å². The third-order valence-corrected chi connectivity index (χ3v) is 3.27. The molecule has 0 saturated heterocycles. The molecule has 2 aromatic rings. The first-order chi connectivity index (χ1) is 9.31. The van der Waals surface area contributed by atoms with E-state index in [4.69, 9.17) is 0 Å². The number of hydrogen-bond donors (Lipinski definition) is 2. The number of nitrogens with one attached hydrogen (secondary N) is 1. The van der Waals surface area contributed by atoms with Gasteiger partial charge >= 0.3 is 0 Å². The number of rotatable bonds is 6. The normalized spacial score (nSPS) is 12.1. The second-order valence-electron chi connectivity index (χ2n) is 4.76. The largest absolute Gasteiger partial charge is 0.508 e. The molecule has 0 heterocycles. The van der Waals surface area contributed by atoms with Gasteiger partial charge in [0.05, 0.1) is 6.04 Å². The second kappa shape index (κ2) is 6.83. The van der Waals surface area contributed by atoms with Crippen molar-refractivity contribution in [1.82, 2.24) is 0 Å². The highest BCUT2D eigenvalue weighted by Gasteiger charge is 2.14. The summed E-state index contributed by atoms with van der Waals surface area (Å²) in [5.74, 6) is 0.368. The fourth-order valence-electron chi connectivity index (χ4n) is 2.23. The van der Waals surface area contributed by atoms with Crippen molar-refractivity contribution in [2.24, 2.45) is 0 Å². The fourth-order valence-corrected chi connectivity index (χ4v) is 2.23. The number of para-hydroxylation sites is 2. The zero-order valence-corrected chi connectivity index (χ0v) is 11.3. The molecule has 0 radical (unpaired) electrons. The van der Waals surface area contributed by atoms with Gasteiger partial charge in [0.25, 0.3) is 0 Å². The van der Waals surface area contributed by atoms with Crippen LogP contribution in [0.2, 0.25) is 0 Å². The molecule has 0 aromatic heterocycles. The summed E-state index contributed by atoms with van der Waals surface area (Å²) < 4.78 is 0. The van der Waals surface area contributed by atoms with E-state index in [1.807, 2.05) is 36.4 Å². The van der Waals surface area contributed by atoms with E-state index in [0.29, 0.717) is 5.75 Å². The third kappa shape index (κ3) is 3.75. The molecule has 2 nitrogen and oxygen atoms in total. The molecule has 1 unspecified atom stereocenters. The molecule has 0 fully saturated rings. The van der Waals surface area contributed by atoms with Gasteiger partial charge in [-0.25, -0.2) is 0 Å². The number of phenols is 1. The van der Waals surface area contributed by atoms with Crippen LogP contribution in [0.1, 0.15) is 37.8 Å². The smallest absolute Gasteiger partial charge is 0.120 e. The molecule has 2 N–H and O–H groups in total. The van der Waals surface area contributed by atoms with E-state index in [1.165, 1.54) is 0 Å². The van der Waals surface area contributed by atoms with Crippen molar-refractivity contribution in [3.8, 4) is 5.75 Å². The number of hydrogen-bond acceptors (Lipinski definition) is 2. The van der Waals surface area contributed by atoms with Gasteiger partial charge in [-0.2, -0.15) is 0 Å². The minimum Gasteiger partial charge on any atom is -0.508 e.